The molecular formula is C15H13NO3. The van der Waals surface area contributed by atoms with Crippen LogP contribution >= 0.6 is 0 Å². The van der Waals surface area contributed by atoms with Crippen molar-refractivity contribution < 1.29 is 14.3 Å². The van der Waals surface area contributed by atoms with Crippen molar-refractivity contribution in [3.63, 3.8) is 0 Å². The maximum Gasteiger partial charge on any atom is 0.240 e. The molecule has 0 radical (unpaired) electrons. The molecule has 0 spiro atoms. The lowest BCUT2D eigenvalue weighted by Crippen LogP contribution is -2.34. The highest BCUT2D eigenvalue weighted by molar-refractivity contribution is 6.23. The fourth-order valence-corrected chi connectivity index (χ4v) is 3.25. The molecule has 4 heteroatoms. The van der Waals surface area contributed by atoms with Crippen molar-refractivity contribution in [3.05, 3.63) is 42.0 Å². The van der Waals surface area contributed by atoms with E-state index in [1.807, 2.05) is 43.3 Å². The molecule has 0 aromatic heterocycles. The Kier molecular flexibility index (Phi) is 2.04. The number of benzene rings is 1. The number of nitrogens with zero attached hydrogens (tertiary/aromatic N) is 1. The van der Waals surface area contributed by atoms with Crippen LogP contribution in [0.1, 0.15) is 5.56 Å². The van der Waals surface area contributed by atoms with Crippen molar-refractivity contribution in [1.82, 2.24) is 0 Å². The van der Waals surface area contributed by atoms with E-state index in [4.69, 9.17) is 4.74 Å². The number of carbonyl (C=O) groups is 2. The summed E-state index contributed by atoms with van der Waals surface area (Å²) in [6.45, 7) is 1.98. The number of rotatable bonds is 1. The Morgan fingerprint density at radius 3 is 2.00 bits per heavy atom. The van der Waals surface area contributed by atoms with Crippen molar-refractivity contribution >= 4 is 17.5 Å². The Morgan fingerprint density at radius 2 is 1.47 bits per heavy atom. The van der Waals surface area contributed by atoms with Crippen LogP contribution in [0.3, 0.4) is 0 Å². The molecule has 0 aliphatic carbocycles. The summed E-state index contributed by atoms with van der Waals surface area (Å²) in [6.07, 6.45) is 3.36. The number of hydrogen-bond donors (Lipinski definition) is 0. The third-order valence-corrected chi connectivity index (χ3v) is 4.20. The molecule has 3 heterocycles. The number of amides is 2. The third kappa shape index (κ3) is 1.32. The number of imide groups is 1. The minimum absolute atomic E-state index is 0.129. The van der Waals surface area contributed by atoms with E-state index >= 15 is 0 Å². The summed E-state index contributed by atoms with van der Waals surface area (Å²) in [7, 11) is 0. The van der Waals surface area contributed by atoms with E-state index in [9.17, 15) is 9.59 Å². The largest absolute Gasteiger partial charge is 0.365 e. The number of anilines is 1. The Labute approximate surface area is 110 Å². The Hall–Kier alpha value is -1.94. The van der Waals surface area contributed by atoms with Crippen LogP contribution in [-0.2, 0) is 14.3 Å². The molecule has 4 atom stereocenters. The third-order valence-electron chi connectivity index (χ3n) is 4.20. The molecule has 2 saturated heterocycles. The van der Waals surface area contributed by atoms with Gasteiger partial charge in [0.1, 0.15) is 0 Å². The van der Waals surface area contributed by atoms with Crippen LogP contribution in [0.5, 0.6) is 0 Å². The van der Waals surface area contributed by atoms with Crippen molar-refractivity contribution in [2.24, 2.45) is 11.8 Å². The second-order valence-corrected chi connectivity index (χ2v) is 5.35. The molecule has 2 fully saturated rings. The fourth-order valence-electron chi connectivity index (χ4n) is 3.25. The molecule has 3 aliphatic heterocycles. The monoisotopic (exact) mass is 255 g/mol. The normalized spacial score (nSPS) is 35.3. The first-order valence-corrected chi connectivity index (χ1v) is 6.45. The van der Waals surface area contributed by atoms with Crippen LogP contribution in [0, 0.1) is 18.8 Å². The Morgan fingerprint density at radius 1 is 0.947 bits per heavy atom. The highest BCUT2D eigenvalue weighted by Crippen LogP contribution is 2.46. The van der Waals surface area contributed by atoms with E-state index in [2.05, 4.69) is 0 Å². The average molecular weight is 255 g/mol. The highest BCUT2D eigenvalue weighted by Gasteiger charge is 2.60. The van der Waals surface area contributed by atoms with Gasteiger partial charge in [-0.25, -0.2) is 4.90 Å². The zero-order valence-electron chi connectivity index (χ0n) is 10.4. The maximum atomic E-state index is 12.5. The van der Waals surface area contributed by atoms with Gasteiger partial charge in [-0.05, 0) is 19.1 Å². The van der Waals surface area contributed by atoms with Gasteiger partial charge in [-0.15, -0.1) is 0 Å². The van der Waals surface area contributed by atoms with Crippen molar-refractivity contribution in [3.8, 4) is 0 Å². The van der Waals surface area contributed by atoms with Crippen molar-refractivity contribution in [1.29, 1.82) is 0 Å². The molecule has 2 bridgehead atoms. The second kappa shape index (κ2) is 3.54. The minimum atomic E-state index is -0.330. The van der Waals surface area contributed by atoms with Crippen molar-refractivity contribution in [2.45, 2.75) is 19.1 Å². The van der Waals surface area contributed by atoms with Crippen LogP contribution in [0.25, 0.3) is 0 Å². The molecule has 3 aliphatic rings. The summed E-state index contributed by atoms with van der Waals surface area (Å²) in [4.78, 5) is 26.3. The highest BCUT2D eigenvalue weighted by atomic mass is 16.5. The number of ether oxygens (including phenoxy) is 1. The Balaban J connectivity index is 1.74. The fraction of sp³-hybridized carbons (Fsp3) is 0.333. The number of hydrogen-bond acceptors (Lipinski definition) is 3. The van der Waals surface area contributed by atoms with Gasteiger partial charge in [-0.2, -0.15) is 0 Å². The zero-order chi connectivity index (χ0) is 13.1. The van der Waals surface area contributed by atoms with Gasteiger partial charge in [0.25, 0.3) is 0 Å². The molecule has 0 N–H and O–H groups in total. The van der Waals surface area contributed by atoms with Crippen LogP contribution in [0.4, 0.5) is 5.69 Å². The lowest BCUT2D eigenvalue weighted by molar-refractivity contribution is -0.124. The van der Waals surface area contributed by atoms with E-state index in [1.165, 1.54) is 4.90 Å². The molecular weight excluding hydrogens is 242 g/mol. The first-order valence-electron chi connectivity index (χ1n) is 6.45. The molecule has 0 unspecified atom stereocenters. The lowest BCUT2D eigenvalue weighted by Gasteiger charge is -2.17. The first kappa shape index (κ1) is 10.9. The maximum absolute atomic E-state index is 12.5. The minimum Gasteiger partial charge on any atom is -0.365 e. The topological polar surface area (TPSA) is 46.6 Å². The molecule has 1 aromatic carbocycles. The van der Waals surface area contributed by atoms with E-state index in [-0.39, 0.29) is 35.9 Å². The van der Waals surface area contributed by atoms with Crippen molar-refractivity contribution in [2.75, 3.05) is 4.90 Å². The van der Waals surface area contributed by atoms with Gasteiger partial charge in [-0.1, -0.05) is 29.8 Å². The van der Waals surface area contributed by atoms with Gasteiger partial charge in [0.15, 0.2) is 0 Å². The Bertz CT molecular complexity index is 574. The van der Waals surface area contributed by atoms with Crippen LogP contribution in [-0.4, -0.2) is 24.0 Å². The molecule has 96 valence electrons. The average Bonchev–Trinajstić information content (AvgIpc) is 3.06. The van der Waals surface area contributed by atoms with Gasteiger partial charge in [0.2, 0.25) is 11.8 Å². The van der Waals surface area contributed by atoms with Gasteiger partial charge >= 0.3 is 0 Å². The smallest absolute Gasteiger partial charge is 0.240 e. The summed E-state index contributed by atoms with van der Waals surface area (Å²) >= 11 is 0. The lowest BCUT2D eigenvalue weighted by atomic mass is 9.85. The predicted octanol–water partition coefficient (Wildman–Crippen LogP) is 1.44. The van der Waals surface area contributed by atoms with E-state index in [1.54, 1.807) is 0 Å². The molecule has 1 aromatic rings. The van der Waals surface area contributed by atoms with Crippen LogP contribution in [0.2, 0.25) is 0 Å². The SMILES string of the molecule is Cc1ccc(N2C(=O)[C@@H]3[C@H](C2=O)[C@H]2C=C[C@@H]3O2)cc1. The first-order chi connectivity index (χ1) is 9.16. The van der Waals surface area contributed by atoms with E-state index in [0.717, 1.165) is 5.56 Å². The quantitative estimate of drug-likeness (QED) is 0.563. The molecule has 2 amide bonds. The van der Waals surface area contributed by atoms with E-state index < -0.39 is 0 Å². The summed E-state index contributed by atoms with van der Waals surface area (Å²) in [6, 6.07) is 7.46. The van der Waals surface area contributed by atoms with Gasteiger partial charge < -0.3 is 4.74 Å². The standard InChI is InChI=1S/C15H13NO3/c1-8-2-4-9(5-3-8)16-14(17)12-10-6-7-11(19-10)13(12)15(16)18/h2-7,10-13H,1H3/t10-,11+,12-,13+. The van der Waals surface area contributed by atoms with Gasteiger partial charge in [0, 0.05) is 0 Å². The second-order valence-electron chi connectivity index (χ2n) is 5.35. The van der Waals surface area contributed by atoms with Crippen LogP contribution in [0.15, 0.2) is 36.4 Å². The number of fused-ring (bicyclic) bond motifs is 5. The van der Waals surface area contributed by atoms with Crippen LogP contribution < -0.4 is 4.90 Å². The van der Waals surface area contributed by atoms with Gasteiger partial charge in [-0.3, -0.25) is 9.59 Å². The zero-order valence-corrected chi connectivity index (χ0v) is 10.4. The molecule has 4 rings (SSSR count). The predicted molar refractivity (Wildman–Crippen MR) is 68.5 cm³/mol. The summed E-state index contributed by atoms with van der Waals surface area (Å²) < 4.78 is 5.60. The molecule has 0 saturated carbocycles. The van der Waals surface area contributed by atoms with E-state index in [0.29, 0.717) is 5.69 Å². The number of carbonyl (C=O) groups excluding carboxylic acids is 2. The summed E-state index contributed by atoms with van der Waals surface area (Å²) in [5.74, 6) is -0.918. The summed E-state index contributed by atoms with van der Waals surface area (Å²) in [5.41, 5.74) is 1.77. The summed E-state index contributed by atoms with van der Waals surface area (Å²) in [5, 5.41) is 0. The molecule has 4 nitrogen and oxygen atoms in total. The molecule has 19 heavy (non-hydrogen) atoms. The number of aryl methyl sites for hydroxylation is 1. The van der Waals surface area contributed by atoms with Gasteiger partial charge in [0.05, 0.1) is 29.7 Å².